The topological polar surface area (TPSA) is 27.1 Å². The first-order valence-corrected chi connectivity index (χ1v) is 11.7. The van der Waals surface area contributed by atoms with Gasteiger partial charge in [0.15, 0.2) is 11.5 Å². The van der Waals surface area contributed by atoms with Crippen molar-refractivity contribution in [3.05, 3.63) is 109 Å². The van der Waals surface area contributed by atoms with Gasteiger partial charge >= 0.3 is 0 Å². The Kier molecular flexibility index (Phi) is 4.12. The van der Waals surface area contributed by atoms with Crippen LogP contribution < -0.4 is 4.74 Å². The Hall–Kier alpha value is -4.37. The van der Waals surface area contributed by atoms with E-state index in [0.29, 0.717) is 0 Å². The van der Waals surface area contributed by atoms with Crippen molar-refractivity contribution in [2.45, 2.75) is 13.3 Å². The van der Waals surface area contributed by atoms with Gasteiger partial charge in [-0.05, 0) is 57.8 Å². The van der Waals surface area contributed by atoms with Gasteiger partial charge in [-0.15, -0.1) is 0 Å². The van der Waals surface area contributed by atoms with Gasteiger partial charge in [0.2, 0.25) is 0 Å². The fourth-order valence-corrected chi connectivity index (χ4v) is 5.11. The molecule has 5 aromatic carbocycles. The van der Waals surface area contributed by atoms with Gasteiger partial charge in [0.25, 0.3) is 0 Å². The molecule has 7 rings (SSSR count). The number of nitrogens with zero attached hydrogens (tertiary/aromatic N) is 2. The van der Waals surface area contributed by atoms with E-state index in [1.807, 2.05) is 18.2 Å². The Morgan fingerprint density at radius 2 is 1.41 bits per heavy atom. The molecule has 0 aliphatic carbocycles. The first-order chi connectivity index (χ1) is 16.8. The van der Waals surface area contributed by atoms with Crippen LogP contribution in [0.4, 0.5) is 0 Å². The molecular weight excluding hydrogens is 416 g/mol. The Morgan fingerprint density at radius 1 is 0.676 bits per heavy atom. The Labute approximate surface area is 197 Å². The Morgan fingerprint density at radius 3 is 2.24 bits per heavy atom. The van der Waals surface area contributed by atoms with E-state index in [0.717, 1.165) is 46.0 Å². The molecule has 1 aliphatic heterocycles. The summed E-state index contributed by atoms with van der Waals surface area (Å²) in [5.74, 6) is 2.78. The zero-order valence-corrected chi connectivity index (χ0v) is 18.8. The number of para-hydroxylation sites is 2. The first-order valence-electron chi connectivity index (χ1n) is 11.7. The molecule has 162 valence electrons. The SMILES string of the molecule is CCc1nc2cccc3c2n1-c1c(cccc1-c1ccc2cc(-c4ccccc4)ccc2c1)O3. The standard InChI is InChI=1S/C31H22N2O/c1-2-29-32-26-11-7-13-28-31(26)33(29)30-25(10-6-12-27(30)34-28)24-17-16-22-18-21(14-15-23(22)19-24)20-8-4-3-5-9-20/h3-19H,2H2,1H3. The Bertz CT molecular complexity index is 1710. The first kappa shape index (κ1) is 19.1. The summed E-state index contributed by atoms with van der Waals surface area (Å²) in [6.45, 7) is 2.16. The zero-order chi connectivity index (χ0) is 22.6. The number of hydrogen-bond donors (Lipinski definition) is 0. The fraction of sp³-hybridized carbons (Fsp3) is 0.0645. The average Bonchev–Trinajstić information content (AvgIpc) is 3.28. The molecule has 0 unspecified atom stereocenters. The number of imidazole rings is 1. The monoisotopic (exact) mass is 438 g/mol. The van der Waals surface area contributed by atoms with Gasteiger partial charge in [0.1, 0.15) is 11.3 Å². The molecule has 34 heavy (non-hydrogen) atoms. The maximum absolute atomic E-state index is 6.36. The van der Waals surface area contributed by atoms with E-state index in [4.69, 9.17) is 9.72 Å². The van der Waals surface area contributed by atoms with Crippen LogP contribution in [0.2, 0.25) is 0 Å². The molecule has 0 spiro atoms. The molecule has 0 bridgehead atoms. The smallest absolute Gasteiger partial charge is 0.153 e. The van der Waals surface area contributed by atoms with Gasteiger partial charge in [0, 0.05) is 12.0 Å². The highest BCUT2D eigenvalue weighted by Crippen LogP contribution is 2.45. The van der Waals surface area contributed by atoms with Gasteiger partial charge in [-0.2, -0.15) is 0 Å². The lowest BCUT2D eigenvalue weighted by molar-refractivity contribution is 0.474. The predicted octanol–water partition coefficient (Wildman–Crippen LogP) is 8.18. The quantitative estimate of drug-likeness (QED) is 0.278. The molecule has 0 saturated heterocycles. The number of fused-ring (bicyclic) bond motifs is 3. The molecule has 2 heterocycles. The van der Waals surface area contributed by atoms with Gasteiger partial charge in [-0.25, -0.2) is 4.98 Å². The third kappa shape index (κ3) is 2.80. The van der Waals surface area contributed by atoms with Crippen molar-refractivity contribution >= 4 is 21.8 Å². The Balaban J connectivity index is 1.42. The summed E-state index contributed by atoms with van der Waals surface area (Å²) in [4.78, 5) is 4.91. The normalized spacial score (nSPS) is 12.0. The average molecular weight is 439 g/mol. The van der Waals surface area contributed by atoms with E-state index >= 15 is 0 Å². The largest absolute Gasteiger partial charge is 0.453 e. The fourth-order valence-electron chi connectivity index (χ4n) is 5.11. The number of rotatable bonds is 3. The van der Waals surface area contributed by atoms with E-state index in [1.165, 1.54) is 27.5 Å². The summed E-state index contributed by atoms with van der Waals surface area (Å²) in [5.41, 5.74) is 7.88. The van der Waals surface area contributed by atoms with Crippen LogP contribution in [-0.2, 0) is 6.42 Å². The minimum Gasteiger partial charge on any atom is -0.453 e. The molecule has 0 N–H and O–H groups in total. The molecule has 0 radical (unpaired) electrons. The maximum atomic E-state index is 6.36. The molecule has 0 atom stereocenters. The van der Waals surface area contributed by atoms with Gasteiger partial charge in [0.05, 0.1) is 11.2 Å². The van der Waals surface area contributed by atoms with Gasteiger partial charge < -0.3 is 4.74 Å². The number of ether oxygens (including phenoxy) is 1. The molecule has 3 nitrogen and oxygen atoms in total. The van der Waals surface area contributed by atoms with Crippen molar-refractivity contribution in [2.24, 2.45) is 0 Å². The molecular formula is C31H22N2O. The van der Waals surface area contributed by atoms with Crippen LogP contribution in [0.3, 0.4) is 0 Å². The molecule has 1 aliphatic rings. The second kappa shape index (κ2) is 7.32. The van der Waals surface area contributed by atoms with E-state index < -0.39 is 0 Å². The van der Waals surface area contributed by atoms with E-state index in [1.54, 1.807) is 0 Å². The molecule has 1 aromatic heterocycles. The minimum absolute atomic E-state index is 0.849. The van der Waals surface area contributed by atoms with Gasteiger partial charge in [-0.3, -0.25) is 4.57 Å². The highest BCUT2D eigenvalue weighted by molar-refractivity contribution is 5.94. The maximum Gasteiger partial charge on any atom is 0.153 e. The lowest BCUT2D eigenvalue weighted by Crippen LogP contribution is -2.08. The van der Waals surface area contributed by atoms with Crippen LogP contribution >= 0.6 is 0 Å². The highest BCUT2D eigenvalue weighted by Gasteiger charge is 2.26. The van der Waals surface area contributed by atoms with Crippen LogP contribution in [0.15, 0.2) is 103 Å². The lowest BCUT2D eigenvalue weighted by atomic mass is 9.96. The number of benzene rings is 5. The van der Waals surface area contributed by atoms with Crippen LogP contribution in [0.5, 0.6) is 11.5 Å². The van der Waals surface area contributed by atoms with Crippen molar-refractivity contribution in [3.63, 3.8) is 0 Å². The van der Waals surface area contributed by atoms with E-state index in [9.17, 15) is 0 Å². The number of hydrogen-bond acceptors (Lipinski definition) is 2. The molecule has 0 fully saturated rings. The third-order valence-corrected chi connectivity index (χ3v) is 6.73. The summed E-state index contributed by atoms with van der Waals surface area (Å²) in [6.07, 6.45) is 0.849. The van der Waals surface area contributed by atoms with E-state index in [2.05, 4.69) is 96.4 Å². The lowest BCUT2D eigenvalue weighted by Gasteiger charge is -2.23. The molecule has 3 heteroatoms. The number of aromatic nitrogens is 2. The van der Waals surface area contributed by atoms with Crippen LogP contribution in [0.1, 0.15) is 12.7 Å². The molecule has 6 aromatic rings. The van der Waals surface area contributed by atoms with Crippen molar-refractivity contribution in [1.82, 2.24) is 9.55 Å². The highest BCUT2D eigenvalue weighted by atomic mass is 16.5. The van der Waals surface area contributed by atoms with Crippen molar-refractivity contribution in [2.75, 3.05) is 0 Å². The number of aryl methyl sites for hydroxylation is 1. The minimum atomic E-state index is 0.849. The summed E-state index contributed by atoms with van der Waals surface area (Å²) >= 11 is 0. The second-order valence-corrected chi connectivity index (χ2v) is 8.74. The van der Waals surface area contributed by atoms with Crippen LogP contribution in [0.25, 0.3) is 49.7 Å². The molecule has 0 amide bonds. The zero-order valence-electron chi connectivity index (χ0n) is 18.8. The third-order valence-electron chi connectivity index (χ3n) is 6.73. The van der Waals surface area contributed by atoms with Gasteiger partial charge in [-0.1, -0.05) is 79.7 Å². The molecule has 0 saturated carbocycles. The van der Waals surface area contributed by atoms with Crippen LogP contribution in [0, 0.1) is 0 Å². The summed E-state index contributed by atoms with van der Waals surface area (Å²) in [6, 6.07) is 36.3. The summed E-state index contributed by atoms with van der Waals surface area (Å²) < 4.78 is 8.65. The van der Waals surface area contributed by atoms with E-state index in [-0.39, 0.29) is 0 Å². The van der Waals surface area contributed by atoms with Crippen molar-refractivity contribution in [1.29, 1.82) is 0 Å². The summed E-state index contributed by atoms with van der Waals surface area (Å²) in [7, 11) is 0. The van der Waals surface area contributed by atoms with Crippen molar-refractivity contribution < 1.29 is 4.74 Å². The summed E-state index contributed by atoms with van der Waals surface area (Å²) in [5, 5.41) is 2.45. The van der Waals surface area contributed by atoms with Crippen LogP contribution in [-0.4, -0.2) is 9.55 Å². The predicted molar refractivity (Wildman–Crippen MR) is 139 cm³/mol. The van der Waals surface area contributed by atoms with Crippen molar-refractivity contribution in [3.8, 4) is 39.4 Å². The second-order valence-electron chi connectivity index (χ2n) is 8.74.